The largest absolute Gasteiger partial charge is 0.494 e. The van der Waals surface area contributed by atoms with E-state index in [1.165, 1.54) is 12.1 Å². The van der Waals surface area contributed by atoms with Crippen LogP contribution in [-0.4, -0.2) is 83.7 Å². The van der Waals surface area contributed by atoms with E-state index in [2.05, 4.69) is 21.3 Å². The smallest absolute Gasteiger partial charge is 0.274 e. The molecule has 0 saturated carbocycles. The maximum absolute atomic E-state index is 13.5. The Hall–Kier alpha value is -5.93. The summed E-state index contributed by atoms with van der Waals surface area (Å²) in [4.78, 5) is 88.2. The summed E-state index contributed by atoms with van der Waals surface area (Å²) in [7, 11) is 0. The predicted octanol–water partition coefficient (Wildman–Crippen LogP) is 2.34. The number of benzene rings is 3. The van der Waals surface area contributed by atoms with Gasteiger partial charge in [-0.1, -0.05) is 49.2 Å². The van der Waals surface area contributed by atoms with Gasteiger partial charge in [0.05, 0.1) is 6.61 Å². The van der Waals surface area contributed by atoms with Crippen LogP contribution in [0.3, 0.4) is 0 Å². The van der Waals surface area contributed by atoms with E-state index in [4.69, 9.17) is 9.94 Å². The number of hydrogen-bond acceptors (Lipinski definition) is 10. The minimum Gasteiger partial charge on any atom is -0.494 e. The number of ether oxygens (including phenoxy) is 1. The molecular weight excluding hydrogens is 696 g/mol. The summed E-state index contributed by atoms with van der Waals surface area (Å²) in [6, 6.07) is 18.4. The first-order chi connectivity index (χ1) is 26.2. The third-order valence-corrected chi connectivity index (χ3v) is 9.20. The van der Waals surface area contributed by atoms with Crippen molar-refractivity contribution in [2.24, 2.45) is 0 Å². The third kappa shape index (κ3) is 10.4. The second kappa shape index (κ2) is 19.2. The summed E-state index contributed by atoms with van der Waals surface area (Å²) < 4.78 is 5.85. The fourth-order valence-electron chi connectivity index (χ4n) is 6.35. The van der Waals surface area contributed by atoms with Gasteiger partial charge >= 0.3 is 0 Å². The molecule has 6 N–H and O–H groups in total. The molecule has 2 aliphatic rings. The van der Waals surface area contributed by atoms with Crippen molar-refractivity contribution in [3.05, 3.63) is 101 Å². The first-order valence-corrected chi connectivity index (χ1v) is 18.0. The topological polar surface area (TPSA) is 212 Å². The van der Waals surface area contributed by atoms with E-state index in [9.17, 15) is 33.6 Å². The number of rotatable bonds is 18. The van der Waals surface area contributed by atoms with E-state index in [0.29, 0.717) is 49.1 Å². The Morgan fingerprint density at radius 2 is 1.56 bits per heavy atom. The van der Waals surface area contributed by atoms with Crippen molar-refractivity contribution in [1.29, 1.82) is 0 Å². The van der Waals surface area contributed by atoms with E-state index in [1.54, 1.807) is 41.9 Å². The lowest BCUT2D eigenvalue weighted by atomic mass is 9.91. The highest BCUT2D eigenvalue weighted by molar-refractivity contribution is 6.15. The highest BCUT2D eigenvalue weighted by Crippen LogP contribution is 2.30. The standard InChI is InChI=1S/C39H44N6O9/c46-32(40-21-22-41-34-29-10-4-5-11-30(29)38(51)45(39(34)52)31-17-18-33(47)43-37(31)50)12-3-1-2-6-23-54-28-15-13-25(14-16-28)19-20-42-35(48)26-8-7-9-27(24-26)36(49)44-53/h4-5,7-11,13-16,24,31,34,41,53H,1-3,6,12,17-23H2,(H,40,46)(H,42,48)(H,44,49)(H,43,47,50). The maximum atomic E-state index is 13.5. The predicted molar refractivity (Wildman–Crippen MR) is 194 cm³/mol. The van der Waals surface area contributed by atoms with Crippen LogP contribution in [0.25, 0.3) is 0 Å². The molecule has 5 rings (SSSR count). The molecule has 2 heterocycles. The normalized spacial score (nSPS) is 16.6. The molecule has 3 aromatic rings. The van der Waals surface area contributed by atoms with Gasteiger partial charge in [-0.05, 0) is 73.2 Å². The van der Waals surface area contributed by atoms with Gasteiger partial charge in [0.25, 0.3) is 23.6 Å². The minimum atomic E-state index is -1.07. The molecule has 2 unspecified atom stereocenters. The Kier molecular flexibility index (Phi) is 14.0. The second-order valence-corrected chi connectivity index (χ2v) is 13.0. The van der Waals surface area contributed by atoms with Gasteiger partial charge < -0.3 is 20.7 Å². The number of piperidine rings is 1. The van der Waals surface area contributed by atoms with Crippen molar-refractivity contribution in [3.63, 3.8) is 0 Å². The number of fused-ring (bicyclic) bond motifs is 1. The van der Waals surface area contributed by atoms with E-state index >= 15 is 0 Å². The molecule has 0 radical (unpaired) electrons. The number of imide groups is 2. The summed E-state index contributed by atoms with van der Waals surface area (Å²) in [6.45, 7) is 1.46. The fourth-order valence-corrected chi connectivity index (χ4v) is 6.35. The van der Waals surface area contributed by atoms with Crippen LogP contribution in [0.5, 0.6) is 5.75 Å². The number of hydrogen-bond donors (Lipinski definition) is 6. The molecule has 0 aliphatic carbocycles. The van der Waals surface area contributed by atoms with Crippen LogP contribution in [0.2, 0.25) is 0 Å². The zero-order chi connectivity index (χ0) is 38.5. The average Bonchev–Trinajstić information content (AvgIpc) is 3.18. The van der Waals surface area contributed by atoms with Crippen LogP contribution in [0.1, 0.15) is 93.2 Å². The third-order valence-electron chi connectivity index (χ3n) is 9.20. The van der Waals surface area contributed by atoms with E-state index in [1.807, 2.05) is 24.3 Å². The van der Waals surface area contributed by atoms with Crippen molar-refractivity contribution < 1.29 is 43.5 Å². The van der Waals surface area contributed by atoms with Crippen LogP contribution < -0.4 is 31.5 Å². The highest BCUT2D eigenvalue weighted by Gasteiger charge is 2.45. The molecule has 15 heteroatoms. The molecule has 284 valence electrons. The molecule has 3 aromatic carbocycles. The Bertz CT molecular complexity index is 1860. The van der Waals surface area contributed by atoms with Crippen molar-refractivity contribution in [2.75, 3.05) is 26.2 Å². The quantitative estimate of drug-likeness (QED) is 0.0485. The van der Waals surface area contributed by atoms with Gasteiger partial charge in [-0.3, -0.25) is 49.0 Å². The lowest BCUT2D eigenvalue weighted by Crippen LogP contribution is -2.60. The number of unbranched alkanes of at least 4 members (excludes halogenated alkanes) is 3. The van der Waals surface area contributed by atoms with E-state index in [0.717, 1.165) is 35.5 Å². The van der Waals surface area contributed by atoms with Crippen LogP contribution in [0.15, 0.2) is 72.8 Å². The lowest BCUT2D eigenvalue weighted by molar-refractivity contribution is -0.144. The van der Waals surface area contributed by atoms with Crippen LogP contribution >= 0.6 is 0 Å². The molecular formula is C39H44N6O9. The van der Waals surface area contributed by atoms with E-state index in [-0.39, 0.29) is 43.3 Å². The van der Waals surface area contributed by atoms with Gasteiger partial charge in [-0.15, -0.1) is 0 Å². The van der Waals surface area contributed by atoms with Crippen LogP contribution in [0, 0.1) is 0 Å². The van der Waals surface area contributed by atoms with Gasteiger partial charge in [0.1, 0.15) is 17.8 Å². The zero-order valence-electron chi connectivity index (χ0n) is 29.7. The minimum absolute atomic E-state index is 0.0334. The van der Waals surface area contributed by atoms with Gasteiger partial charge in [0.15, 0.2) is 0 Å². The fraction of sp³-hybridized carbons (Fsp3) is 0.359. The van der Waals surface area contributed by atoms with Crippen LogP contribution in [-0.2, 0) is 25.6 Å². The molecule has 0 bridgehead atoms. The maximum Gasteiger partial charge on any atom is 0.274 e. The van der Waals surface area contributed by atoms with Gasteiger partial charge in [-0.25, -0.2) is 5.48 Å². The summed E-state index contributed by atoms with van der Waals surface area (Å²) in [5.41, 5.74) is 3.87. The number of nitrogens with zero attached hydrogens (tertiary/aromatic N) is 1. The van der Waals surface area contributed by atoms with Crippen molar-refractivity contribution in [2.45, 2.75) is 63.5 Å². The summed E-state index contributed by atoms with van der Waals surface area (Å²) >= 11 is 0. The first kappa shape index (κ1) is 39.3. The Morgan fingerprint density at radius 1 is 0.815 bits per heavy atom. The molecule has 7 amide bonds. The Morgan fingerprint density at radius 3 is 2.31 bits per heavy atom. The number of carbonyl (C=O) groups excluding carboxylic acids is 7. The van der Waals surface area contributed by atoms with Gasteiger partial charge in [-0.2, -0.15) is 0 Å². The summed E-state index contributed by atoms with van der Waals surface area (Å²) in [5.74, 6) is -2.64. The molecule has 0 aromatic heterocycles. The van der Waals surface area contributed by atoms with Crippen molar-refractivity contribution in [3.8, 4) is 5.75 Å². The molecule has 0 spiro atoms. The number of amides is 7. The Balaban J connectivity index is 0.930. The number of carbonyl (C=O) groups is 7. The molecule has 1 fully saturated rings. The summed E-state index contributed by atoms with van der Waals surface area (Å²) in [5, 5.41) is 19.8. The lowest BCUT2D eigenvalue weighted by Gasteiger charge is -2.38. The SMILES string of the molecule is O=C(CCCCCCOc1ccc(CCNC(=O)c2cccc(C(=O)NO)c2)cc1)NCCNC1C(=O)N(C2CCC(=O)NC2=O)C(=O)c2ccccc21. The molecule has 2 aliphatic heterocycles. The zero-order valence-corrected chi connectivity index (χ0v) is 29.7. The Labute approximate surface area is 312 Å². The van der Waals surface area contributed by atoms with Crippen molar-refractivity contribution in [1.82, 2.24) is 31.6 Å². The number of hydroxylamine groups is 1. The first-order valence-electron chi connectivity index (χ1n) is 18.0. The van der Waals surface area contributed by atoms with Gasteiger partial charge in [0, 0.05) is 49.2 Å². The molecule has 2 atom stereocenters. The average molecular weight is 741 g/mol. The van der Waals surface area contributed by atoms with E-state index < -0.39 is 41.6 Å². The number of nitrogens with one attached hydrogen (secondary N) is 5. The molecule has 54 heavy (non-hydrogen) atoms. The monoisotopic (exact) mass is 740 g/mol. The van der Waals surface area contributed by atoms with Crippen LogP contribution in [0.4, 0.5) is 0 Å². The molecule has 1 saturated heterocycles. The summed E-state index contributed by atoms with van der Waals surface area (Å²) in [6.07, 6.45) is 4.36. The molecule has 15 nitrogen and oxygen atoms in total. The van der Waals surface area contributed by atoms with Crippen molar-refractivity contribution >= 4 is 41.4 Å². The highest BCUT2D eigenvalue weighted by atomic mass is 16.5. The van der Waals surface area contributed by atoms with Gasteiger partial charge in [0.2, 0.25) is 17.7 Å². The second-order valence-electron chi connectivity index (χ2n) is 13.0.